The van der Waals surface area contributed by atoms with Crippen molar-refractivity contribution in [2.24, 2.45) is 5.14 Å². The lowest BCUT2D eigenvalue weighted by Crippen LogP contribution is -2.32. The minimum Gasteiger partial charge on any atom is -0.491 e. The zero-order valence-corrected chi connectivity index (χ0v) is 16.8. The van der Waals surface area contributed by atoms with E-state index in [4.69, 9.17) is 9.88 Å². The second-order valence-electron chi connectivity index (χ2n) is 6.68. The molecule has 156 valence electrons. The van der Waals surface area contributed by atoms with Crippen molar-refractivity contribution in [1.82, 2.24) is 4.90 Å². The molecule has 0 aliphatic carbocycles. The molecule has 2 aromatic carbocycles. The first-order valence-electron chi connectivity index (χ1n) is 8.66. The van der Waals surface area contributed by atoms with Gasteiger partial charge in [-0.05, 0) is 63.5 Å². The molecule has 3 N–H and O–H groups in total. The van der Waals surface area contributed by atoms with E-state index in [0.29, 0.717) is 18.7 Å². The Balaban J connectivity index is 2.25. The molecular formula is C19H22F2N4O3S. The molecule has 0 aliphatic heterocycles. The lowest BCUT2D eigenvalue weighted by molar-refractivity contribution is 0.276. The zero-order chi connectivity index (χ0) is 21.6. The minimum atomic E-state index is -4.16. The molecule has 29 heavy (non-hydrogen) atoms. The van der Waals surface area contributed by atoms with Gasteiger partial charge < -0.3 is 15.0 Å². The van der Waals surface area contributed by atoms with E-state index in [0.717, 1.165) is 12.1 Å². The van der Waals surface area contributed by atoms with E-state index >= 15 is 0 Å². The lowest BCUT2D eigenvalue weighted by Gasteiger charge is -2.23. The number of primary sulfonamides is 1. The van der Waals surface area contributed by atoms with Crippen LogP contribution in [0.2, 0.25) is 0 Å². The van der Waals surface area contributed by atoms with Crippen molar-refractivity contribution >= 4 is 15.7 Å². The third kappa shape index (κ3) is 6.67. The fraction of sp³-hybridized carbons (Fsp3) is 0.316. The van der Waals surface area contributed by atoms with E-state index in [9.17, 15) is 22.5 Å². The van der Waals surface area contributed by atoms with Crippen LogP contribution in [0.4, 0.5) is 14.5 Å². The van der Waals surface area contributed by atoms with Crippen LogP contribution < -0.4 is 15.2 Å². The van der Waals surface area contributed by atoms with Crippen LogP contribution in [0.1, 0.15) is 12.0 Å². The molecule has 0 heterocycles. The number of anilines is 1. The Hall–Kier alpha value is -2.74. The number of nitrogens with zero attached hydrogens (tertiary/aromatic N) is 2. The molecule has 0 aliphatic rings. The molecule has 7 nitrogen and oxygen atoms in total. The molecule has 0 radical (unpaired) electrons. The van der Waals surface area contributed by atoms with E-state index in [1.54, 1.807) is 6.07 Å². The number of ether oxygens (including phenoxy) is 1. The highest BCUT2D eigenvalue weighted by molar-refractivity contribution is 7.89. The van der Waals surface area contributed by atoms with Gasteiger partial charge in [0.15, 0.2) is 0 Å². The number of benzene rings is 2. The average molecular weight is 424 g/mol. The number of rotatable bonds is 9. The molecule has 0 spiro atoms. The number of halogens is 2. The number of nitrogens with one attached hydrogen (secondary N) is 1. The number of nitrogens with two attached hydrogens (primary N) is 1. The van der Waals surface area contributed by atoms with Crippen molar-refractivity contribution in [3.8, 4) is 11.8 Å². The smallest absolute Gasteiger partial charge is 0.238 e. The van der Waals surface area contributed by atoms with Gasteiger partial charge in [-0.3, -0.25) is 0 Å². The summed E-state index contributed by atoms with van der Waals surface area (Å²) in [5, 5.41) is 17.3. The van der Waals surface area contributed by atoms with Gasteiger partial charge in [-0.25, -0.2) is 22.3 Å². The average Bonchev–Trinajstić information content (AvgIpc) is 2.65. The monoisotopic (exact) mass is 424 g/mol. The van der Waals surface area contributed by atoms with Gasteiger partial charge in [0.1, 0.15) is 30.1 Å². The van der Waals surface area contributed by atoms with Crippen LogP contribution in [0.5, 0.6) is 5.75 Å². The second-order valence-corrected chi connectivity index (χ2v) is 8.24. The number of sulfonamides is 1. The highest BCUT2D eigenvalue weighted by atomic mass is 32.2. The van der Waals surface area contributed by atoms with Crippen molar-refractivity contribution < 1.29 is 21.9 Å². The first-order valence-corrected chi connectivity index (χ1v) is 10.2. The van der Waals surface area contributed by atoms with Crippen molar-refractivity contribution in [3.05, 3.63) is 53.6 Å². The molecule has 0 bridgehead atoms. The van der Waals surface area contributed by atoms with E-state index < -0.39 is 32.6 Å². The Bertz CT molecular complexity index is 990. The Kier molecular flexibility index (Phi) is 7.50. The molecule has 2 aromatic rings. The maximum Gasteiger partial charge on any atom is 0.238 e. The Morgan fingerprint density at radius 2 is 1.90 bits per heavy atom. The topological polar surface area (TPSA) is 108 Å². The summed E-state index contributed by atoms with van der Waals surface area (Å²) in [6.45, 7) is 0.754. The summed E-state index contributed by atoms with van der Waals surface area (Å²) in [6.07, 6.45) is 0.537. The van der Waals surface area contributed by atoms with Gasteiger partial charge in [-0.15, -0.1) is 0 Å². The molecule has 0 fully saturated rings. The van der Waals surface area contributed by atoms with Crippen molar-refractivity contribution in [2.75, 3.05) is 32.6 Å². The highest BCUT2D eigenvalue weighted by Crippen LogP contribution is 2.25. The van der Waals surface area contributed by atoms with Crippen LogP contribution in [-0.4, -0.2) is 46.6 Å². The normalized spacial score (nSPS) is 12.4. The van der Waals surface area contributed by atoms with Crippen molar-refractivity contribution in [3.63, 3.8) is 0 Å². The summed E-state index contributed by atoms with van der Waals surface area (Å²) in [4.78, 5) is 1.45. The van der Waals surface area contributed by atoms with Gasteiger partial charge >= 0.3 is 0 Å². The van der Waals surface area contributed by atoms with Crippen LogP contribution in [0, 0.1) is 23.0 Å². The van der Waals surface area contributed by atoms with Gasteiger partial charge in [0.05, 0.1) is 22.2 Å². The standard InChI is InChI=1S/C19H22F2N4O3S/c1-25(2)8-7-15(12-28-16-5-3-14(20)4-6-16)24-19-13(11-22)9-17(10-18(19)21)29(23,26)27/h3-6,9-10,15,24H,7-8,12H2,1-2H3,(H2,23,26,27)/t15-/m1/s1. The molecule has 10 heteroatoms. The van der Waals surface area contributed by atoms with Gasteiger partial charge in [0.25, 0.3) is 0 Å². The predicted molar refractivity (Wildman–Crippen MR) is 105 cm³/mol. The SMILES string of the molecule is CN(C)CC[C@H](COc1ccc(F)cc1)Nc1c(F)cc(S(N)(=O)=O)cc1C#N. The van der Waals surface area contributed by atoms with Gasteiger partial charge in [0, 0.05) is 0 Å². The largest absolute Gasteiger partial charge is 0.491 e. The Morgan fingerprint density at radius 3 is 2.45 bits per heavy atom. The van der Waals surface area contributed by atoms with Crippen LogP contribution in [0.25, 0.3) is 0 Å². The van der Waals surface area contributed by atoms with Gasteiger partial charge in [-0.1, -0.05) is 0 Å². The van der Waals surface area contributed by atoms with E-state index in [-0.39, 0.29) is 17.9 Å². The Labute approximate surface area is 168 Å². The molecule has 1 atom stereocenters. The van der Waals surface area contributed by atoms with Crippen LogP contribution in [-0.2, 0) is 10.0 Å². The first-order chi connectivity index (χ1) is 13.6. The third-order valence-electron chi connectivity index (χ3n) is 4.05. The fourth-order valence-corrected chi connectivity index (χ4v) is 3.07. The second kappa shape index (κ2) is 9.65. The predicted octanol–water partition coefficient (Wildman–Crippen LogP) is 2.30. The van der Waals surface area contributed by atoms with Gasteiger partial charge in [0.2, 0.25) is 10.0 Å². The molecule has 2 rings (SSSR count). The van der Waals surface area contributed by atoms with Crippen molar-refractivity contribution in [1.29, 1.82) is 5.26 Å². The van der Waals surface area contributed by atoms with Gasteiger partial charge in [-0.2, -0.15) is 5.26 Å². The number of nitriles is 1. The van der Waals surface area contributed by atoms with E-state index in [1.165, 1.54) is 24.3 Å². The molecule has 0 saturated carbocycles. The molecule has 0 amide bonds. The number of hydrogen-bond donors (Lipinski definition) is 2. The van der Waals surface area contributed by atoms with E-state index in [1.807, 2.05) is 19.0 Å². The molecule has 0 unspecified atom stereocenters. The maximum absolute atomic E-state index is 14.6. The summed E-state index contributed by atoms with van der Waals surface area (Å²) in [5.74, 6) is -0.867. The molecular weight excluding hydrogens is 402 g/mol. The summed E-state index contributed by atoms with van der Waals surface area (Å²) < 4.78 is 56.2. The van der Waals surface area contributed by atoms with Crippen LogP contribution in [0.3, 0.4) is 0 Å². The summed E-state index contributed by atoms with van der Waals surface area (Å²) in [7, 11) is -0.405. The zero-order valence-electron chi connectivity index (χ0n) is 16.0. The molecule has 0 aromatic heterocycles. The van der Waals surface area contributed by atoms with E-state index in [2.05, 4.69) is 5.32 Å². The highest BCUT2D eigenvalue weighted by Gasteiger charge is 2.20. The minimum absolute atomic E-state index is 0.112. The lowest BCUT2D eigenvalue weighted by atomic mass is 10.1. The molecule has 0 saturated heterocycles. The number of hydrogen-bond acceptors (Lipinski definition) is 6. The fourth-order valence-electron chi connectivity index (χ4n) is 2.52. The van der Waals surface area contributed by atoms with Crippen LogP contribution in [0.15, 0.2) is 41.3 Å². The van der Waals surface area contributed by atoms with Crippen LogP contribution >= 0.6 is 0 Å². The maximum atomic E-state index is 14.6. The summed E-state index contributed by atoms with van der Waals surface area (Å²) >= 11 is 0. The summed E-state index contributed by atoms with van der Waals surface area (Å²) in [5.41, 5.74) is -0.322. The summed E-state index contributed by atoms with van der Waals surface area (Å²) in [6, 6.07) is 8.62. The Morgan fingerprint density at radius 1 is 1.24 bits per heavy atom. The quantitative estimate of drug-likeness (QED) is 0.639. The first kappa shape index (κ1) is 22.5. The van der Waals surface area contributed by atoms with Crippen molar-refractivity contribution in [2.45, 2.75) is 17.4 Å². The third-order valence-corrected chi connectivity index (χ3v) is 4.94.